The Morgan fingerprint density at radius 3 is 2.72 bits per heavy atom. The molecule has 18 heavy (non-hydrogen) atoms. The molecule has 0 saturated carbocycles. The molecule has 1 heterocycles. The summed E-state index contributed by atoms with van der Waals surface area (Å²) in [6.07, 6.45) is 0.291. The second kappa shape index (κ2) is 5.88. The van der Waals surface area contributed by atoms with Gasteiger partial charge in [0, 0.05) is 9.35 Å². The second-order valence-electron chi connectivity index (χ2n) is 3.77. The van der Waals surface area contributed by atoms with E-state index in [1.165, 1.54) is 17.4 Å². The SMILES string of the molecule is NNC(Cc1cccc(F)c1F)c1sccc1Br. The van der Waals surface area contributed by atoms with Gasteiger partial charge in [0.2, 0.25) is 0 Å². The lowest BCUT2D eigenvalue weighted by Crippen LogP contribution is -2.29. The first kappa shape index (κ1) is 13.6. The fourth-order valence-electron chi connectivity index (χ4n) is 1.71. The normalized spacial score (nSPS) is 12.7. The van der Waals surface area contributed by atoms with Gasteiger partial charge in [-0.05, 0) is 45.4 Å². The van der Waals surface area contributed by atoms with Gasteiger partial charge in [-0.2, -0.15) is 0 Å². The van der Waals surface area contributed by atoms with Crippen molar-refractivity contribution in [2.45, 2.75) is 12.5 Å². The molecule has 0 aliphatic carbocycles. The smallest absolute Gasteiger partial charge is 0.162 e. The predicted molar refractivity (Wildman–Crippen MR) is 72.1 cm³/mol. The number of rotatable bonds is 4. The van der Waals surface area contributed by atoms with Crippen LogP contribution in [0.2, 0.25) is 0 Å². The molecule has 0 saturated heterocycles. The molecular formula is C12H11BrF2N2S. The minimum atomic E-state index is -0.839. The van der Waals surface area contributed by atoms with Crippen molar-refractivity contribution in [2.75, 3.05) is 0 Å². The molecule has 0 bridgehead atoms. The van der Waals surface area contributed by atoms with Gasteiger partial charge in [-0.3, -0.25) is 11.3 Å². The standard InChI is InChI=1S/C12H11BrF2N2S/c13-8-4-5-18-12(8)10(17-16)6-7-2-1-3-9(14)11(7)15/h1-5,10,17H,6,16H2. The molecule has 96 valence electrons. The topological polar surface area (TPSA) is 38.0 Å². The molecule has 6 heteroatoms. The van der Waals surface area contributed by atoms with E-state index in [1.807, 2.05) is 11.4 Å². The van der Waals surface area contributed by atoms with E-state index in [0.717, 1.165) is 15.4 Å². The lowest BCUT2D eigenvalue weighted by molar-refractivity contribution is 0.482. The van der Waals surface area contributed by atoms with Crippen LogP contribution in [-0.2, 0) is 6.42 Å². The molecule has 2 rings (SSSR count). The van der Waals surface area contributed by atoms with Crippen molar-refractivity contribution in [1.82, 2.24) is 5.43 Å². The number of benzene rings is 1. The molecule has 1 atom stereocenters. The van der Waals surface area contributed by atoms with Gasteiger partial charge in [-0.25, -0.2) is 8.78 Å². The third kappa shape index (κ3) is 2.77. The summed E-state index contributed by atoms with van der Waals surface area (Å²) in [6.45, 7) is 0. The average molecular weight is 333 g/mol. The van der Waals surface area contributed by atoms with E-state index in [0.29, 0.717) is 12.0 Å². The van der Waals surface area contributed by atoms with Crippen LogP contribution in [0.25, 0.3) is 0 Å². The number of halogens is 3. The number of hydrogen-bond donors (Lipinski definition) is 2. The van der Waals surface area contributed by atoms with E-state index in [2.05, 4.69) is 21.4 Å². The number of nitrogens with two attached hydrogens (primary N) is 1. The Bertz CT molecular complexity index is 545. The van der Waals surface area contributed by atoms with Crippen LogP contribution in [-0.4, -0.2) is 0 Å². The van der Waals surface area contributed by atoms with Crippen molar-refractivity contribution in [3.05, 3.63) is 56.2 Å². The third-order valence-corrected chi connectivity index (χ3v) is 4.60. The Labute approximate surface area is 116 Å². The molecule has 0 aliphatic heterocycles. The van der Waals surface area contributed by atoms with E-state index in [1.54, 1.807) is 6.07 Å². The zero-order valence-corrected chi connectivity index (χ0v) is 11.7. The van der Waals surface area contributed by atoms with Gasteiger partial charge in [0.05, 0.1) is 6.04 Å². The van der Waals surface area contributed by atoms with E-state index in [9.17, 15) is 8.78 Å². The van der Waals surface area contributed by atoms with Crippen molar-refractivity contribution in [2.24, 2.45) is 5.84 Å². The quantitative estimate of drug-likeness (QED) is 0.663. The van der Waals surface area contributed by atoms with Crippen molar-refractivity contribution in [1.29, 1.82) is 0 Å². The molecule has 1 aromatic heterocycles. The minimum absolute atomic E-state index is 0.254. The summed E-state index contributed by atoms with van der Waals surface area (Å²) in [7, 11) is 0. The summed E-state index contributed by atoms with van der Waals surface area (Å²) in [5.41, 5.74) is 2.94. The van der Waals surface area contributed by atoms with Crippen molar-refractivity contribution < 1.29 is 8.78 Å². The maximum atomic E-state index is 13.6. The van der Waals surface area contributed by atoms with Gasteiger partial charge in [0.1, 0.15) is 0 Å². The average Bonchev–Trinajstić information content (AvgIpc) is 2.77. The monoisotopic (exact) mass is 332 g/mol. The first-order valence-corrected chi connectivity index (χ1v) is 6.92. The highest BCUT2D eigenvalue weighted by Crippen LogP contribution is 2.31. The Morgan fingerprint density at radius 2 is 2.11 bits per heavy atom. The van der Waals surface area contributed by atoms with Gasteiger partial charge in [0.25, 0.3) is 0 Å². The Hall–Kier alpha value is -0.820. The highest BCUT2D eigenvalue weighted by Gasteiger charge is 2.18. The summed E-state index contributed by atoms with van der Waals surface area (Å²) in [6, 6.07) is 5.79. The highest BCUT2D eigenvalue weighted by molar-refractivity contribution is 9.10. The van der Waals surface area contributed by atoms with Crippen LogP contribution in [0.5, 0.6) is 0 Å². The molecule has 2 aromatic rings. The van der Waals surface area contributed by atoms with Crippen molar-refractivity contribution in [3.63, 3.8) is 0 Å². The predicted octanol–water partition coefficient (Wildman–Crippen LogP) is 3.54. The van der Waals surface area contributed by atoms with Gasteiger partial charge >= 0.3 is 0 Å². The molecule has 0 radical (unpaired) electrons. The van der Waals surface area contributed by atoms with E-state index >= 15 is 0 Å². The summed E-state index contributed by atoms with van der Waals surface area (Å²) in [4.78, 5) is 0.959. The largest absolute Gasteiger partial charge is 0.271 e. The highest BCUT2D eigenvalue weighted by atomic mass is 79.9. The number of hydrogen-bond acceptors (Lipinski definition) is 3. The molecule has 0 spiro atoms. The van der Waals surface area contributed by atoms with Gasteiger partial charge in [0.15, 0.2) is 11.6 Å². The summed E-state index contributed by atoms with van der Waals surface area (Å²) in [5, 5.41) is 1.91. The van der Waals surface area contributed by atoms with E-state index in [-0.39, 0.29) is 6.04 Å². The van der Waals surface area contributed by atoms with Gasteiger partial charge in [-0.15, -0.1) is 11.3 Å². The first-order valence-electron chi connectivity index (χ1n) is 5.25. The number of hydrazine groups is 1. The maximum Gasteiger partial charge on any atom is 0.162 e. The zero-order valence-electron chi connectivity index (χ0n) is 9.29. The van der Waals surface area contributed by atoms with Crippen LogP contribution in [0.4, 0.5) is 8.78 Å². The second-order valence-corrected chi connectivity index (χ2v) is 5.57. The van der Waals surface area contributed by atoms with E-state index in [4.69, 9.17) is 5.84 Å². The van der Waals surface area contributed by atoms with Crippen LogP contribution in [0, 0.1) is 11.6 Å². The molecule has 0 aliphatic rings. The lowest BCUT2D eigenvalue weighted by atomic mass is 10.0. The summed E-state index contributed by atoms with van der Waals surface area (Å²) >= 11 is 4.91. The summed E-state index contributed by atoms with van der Waals surface area (Å²) in [5.74, 6) is 3.83. The first-order chi connectivity index (χ1) is 8.63. The molecule has 3 N–H and O–H groups in total. The Morgan fingerprint density at radius 1 is 1.33 bits per heavy atom. The third-order valence-electron chi connectivity index (χ3n) is 2.62. The van der Waals surface area contributed by atoms with E-state index < -0.39 is 11.6 Å². The van der Waals surface area contributed by atoms with Crippen LogP contribution in [0.1, 0.15) is 16.5 Å². The Kier molecular flexibility index (Phi) is 4.45. The molecule has 1 unspecified atom stereocenters. The van der Waals surface area contributed by atoms with Crippen LogP contribution >= 0.6 is 27.3 Å². The molecular weight excluding hydrogens is 322 g/mol. The molecule has 2 nitrogen and oxygen atoms in total. The van der Waals surface area contributed by atoms with Crippen LogP contribution < -0.4 is 11.3 Å². The van der Waals surface area contributed by atoms with Crippen molar-refractivity contribution in [3.8, 4) is 0 Å². The molecule has 0 fully saturated rings. The fourth-order valence-corrected chi connectivity index (χ4v) is 3.42. The molecule has 1 aromatic carbocycles. The number of nitrogens with one attached hydrogen (secondary N) is 1. The fraction of sp³-hybridized carbons (Fsp3) is 0.167. The van der Waals surface area contributed by atoms with Crippen LogP contribution in [0.15, 0.2) is 34.1 Å². The minimum Gasteiger partial charge on any atom is -0.271 e. The maximum absolute atomic E-state index is 13.6. The van der Waals surface area contributed by atoms with Crippen LogP contribution in [0.3, 0.4) is 0 Å². The van der Waals surface area contributed by atoms with Crippen molar-refractivity contribution >= 4 is 27.3 Å². The zero-order chi connectivity index (χ0) is 13.1. The van der Waals surface area contributed by atoms with Gasteiger partial charge in [-0.1, -0.05) is 12.1 Å². The molecule has 0 amide bonds. The number of thiophene rings is 1. The van der Waals surface area contributed by atoms with Gasteiger partial charge < -0.3 is 0 Å². The Balaban J connectivity index is 2.26. The summed E-state index contributed by atoms with van der Waals surface area (Å²) < 4.78 is 27.6. The lowest BCUT2D eigenvalue weighted by Gasteiger charge is -2.15.